The number of nitrogens with zero attached hydrogens (tertiary/aromatic N) is 2. The van der Waals surface area contributed by atoms with Gasteiger partial charge in [0.25, 0.3) is 0 Å². The van der Waals surface area contributed by atoms with E-state index in [2.05, 4.69) is 180 Å². The van der Waals surface area contributed by atoms with Gasteiger partial charge in [-0.15, -0.1) is 0 Å². The average molecular weight is 683 g/mol. The van der Waals surface area contributed by atoms with Gasteiger partial charge < -0.3 is 14.5 Å². The Kier molecular flexibility index (Phi) is 6.48. The Morgan fingerprint density at radius 1 is 0.327 bits per heavy atom. The lowest BCUT2D eigenvalue weighted by molar-refractivity contribution is 0.477. The zero-order valence-electron chi connectivity index (χ0n) is 28.0. The maximum Gasteiger partial charge on any atom is 0.151 e. The molecule has 0 N–H and O–H groups in total. The van der Waals surface area contributed by atoms with Gasteiger partial charge in [-0.3, -0.25) is 0 Å². The SMILES string of the molecule is c1ccc2c(c1)Oc1ccc(-c3ccc4c(c3)N(c3cccc5ccccc35)c3cc5ccccc5cc3S4)cc1N2c1cccc2ccccc12. The third-order valence-corrected chi connectivity index (χ3v) is 11.5. The van der Waals surface area contributed by atoms with Crippen LogP contribution in [0.2, 0.25) is 0 Å². The third-order valence-electron chi connectivity index (χ3n) is 10.4. The van der Waals surface area contributed by atoms with E-state index in [0.717, 1.165) is 39.7 Å². The second kappa shape index (κ2) is 11.5. The van der Waals surface area contributed by atoms with Crippen LogP contribution in [0.3, 0.4) is 0 Å². The Morgan fingerprint density at radius 3 is 1.56 bits per heavy atom. The summed E-state index contributed by atoms with van der Waals surface area (Å²) in [7, 11) is 0. The standard InChI is InChI=1S/C48H30N2OS/c1-2-14-34-30-48-44(28-33(34)13-1)50(40-21-10-16-32-12-4-6-18-38(32)40)43-29-36(24-26-47(43)52-48)35-23-25-46-42(27-35)49(41-19-7-8-22-45(41)51-46)39-20-9-15-31-11-3-5-17-37(31)39/h1-30H. The molecule has 2 aliphatic rings. The van der Waals surface area contributed by atoms with Crippen LogP contribution in [0.15, 0.2) is 192 Å². The second-order valence-corrected chi connectivity index (χ2v) is 14.5. The number of benzene rings is 9. The normalized spacial score (nSPS) is 13.0. The highest BCUT2D eigenvalue weighted by molar-refractivity contribution is 7.99. The Balaban J connectivity index is 1.10. The van der Waals surface area contributed by atoms with Gasteiger partial charge in [0.1, 0.15) is 0 Å². The maximum atomic E-state index is 6.56. The summed E-state index contributed by atoms with van der Waals surface area (Å²) in [6, 6.07) is 65.6. The minimum absolute atomic E-state index is 0.835. The first-order valence-electron chi connectivity index (χ1n) is 17.6. The molecule has 0 saturated carbocycles. The molecule has 3 nitrogen and oxygen atoms in total. The van der Waals surface area contributed by atoms with Gasteiger partial charge in [0.05, 0.1) is 34.1 Å². The maximum absolute atomic E-state index is 6.56. The van der Waals surface area contributed by atoms with E-state index in [0.29, 0.717) is 0 Å². The molecular formula is C48H30N2OS. The van der Waals surface area contributed by atoms with E-state index in [4.69, 9.17) is 4.74 Å². The third kappa shape index (κ3) is 4.55. The molecule has 0 atom stereocenters. The van der Waals surface area contributed by atoms with Crippen molar-refractivity contribution < 1.29 is 4.74 Å². The van der Waals surface area contributed by atoms with Crippen LogP contribution >= 0.6 is 11.8 Å². The van der Waals surface area contributed by atoms with Crippen molar-refractivity contribution in [2.45, 2.75) is 9.79 Å². The molecule has 0 saturated heterocycles. The summed E-state index contributed by atoms with van der Waals surface area (Å²) in [5.74, 6) is 1.68. The summed E-state index contributed by atoms with van der Waals surface area (Å²) >= 11 is 1.85. The summed E-state index contributed by atoms with van der Waals surface area (Å²) in [4.78, 5) is 7.31. The fraction of sp³-hybridized carbons (Fsp3) is 0. The molecule has 9 aromatic rings. The van der Waals surface area contributed by atoms with Gasteiger partial charge in [0.2, 0.25) is 0 Å². The molecule has 2 aliphatic heterocycles. The Bertz CT molecular complexity index is 2890. The molecule has 0 aliphatic carbocycles. The van der Waals surface area contributed by atoms with Crippen LogP contribution < -0.4 is 14.5 Å². The monoisotopic (exact) mass is 682 g/mol. The Morgan fingerprint density at radius 2 is 0.827 bits per heavy atom. The van der Waals surface area contributed by atoms with E-state index >= 15 is 0 Å². The summed E-state index contributed by atoms with van der Waals surface area (Å²) in [5, 5.41) is 7.33. The molecule has 0 bridgehead atoms. The molecule has 0 aromatic heterocycles. The smallest absolute Gasteiger partial charge is 0.151 e. The summed E-state index contributed by atoms with van der Waals surface area (Å²) in [6.45, 7) is 0. The molecule has 0 fully saturated rings. The minimum Gasteiger partial charge on any atom is -0.453 e. The number of hydrogen-bond donors (Lipinski definition) is 0. The van der Waals surface area contributed by atoms with E-state index in [1.807, 2.05) is 23.9 Å². The number of hydrogen-bond acceptors (Lipinski definition) is 4. The van der Waals surface area contributed by atoms with Gasteiger partial charge in [-0.2, -0.15) is 0 Å². The molecule has 0 amide bonds. The first kappa shape index (κ1) is 29.3. The molecule has 11 rings (SSSR count). The van der Waals surface area contributed by atoms with Crippen molar-refractivity contribution in [3.8, 4) is 22.6 Å². The van der Waals surface area contributed by atoms with Gasteiger partial charge in [0, 0.05) is 20.6 Å². The molecule has 9 aromatic carbocycles. The van der Waals surface area contributed by atoms with Crippen molar-refractivity contribution >= 4 is 78.2 Å². The Labute approximate surface area is 306 Å². The predicted octanol–water partition coefficient (Wildman–Crippen LogP) is 14.3. The second-order valence-electron chi connectivity index (χ2n) is 13.4. The van der Waals surface area contributed by atoms with Gasteiger partial charge in [-0.25, -0.2) is 0 Å². The van der Waals surface area contributed by atoms with E-state index in [1.165, 1.54) is 59.2 Å². The summed E-state index contributed by atoms with van der Waals surface area (Å²) in [6.07, 6.45) is 0. The van der Waals surface area contributed by atoms with Crippen LogP contribution in [0.1, 0.15) is 0 Å². The van der Waals surface area contributed by atoms with Crippen LogP contribution in [0.4, 0.5) is 34.1 Å². The van der Waals surface area contributed by atoms with Crippen molar-refractivity contribution in [2.24, 2.45) is 0 Å². The lowest BCUT2D eigenvalue weighted by Gasteiger charge is -2.35. The average Bonchev–Trinajstić information content (AvgIpc) is 3.20. The fourth-order valence-corrected chi connectivity index (χ4v) is 9.00. The lowest BCUT2D eigenvalue weighted by Crippen LogP contribution is -2.16. The molecule has 52 heavy (non-hydrogen) atoms. The zero-order valence-corrected chi connectivity index (χ0v) is 28.8. The van der Waals surface area contributed by atoms with Gasteiger partial charge in [-0.05, 0) is 93.3 Å². The topological polar surface area (TPSA) is 15.7 Å². The lowest BCUT2D eigenvalue weighted by atomic mass is 10.00. The fourth-order valence-electron chi connectivity index (χ4n) is 7.93. The number of ether oxygens (including phenoxy) is 1. The minimum atomic E-state index is 0.835. The zero-order chi connectivity index (χ0) is 34.2. The van der Waals surface area contributed by atoms with Gasteiger partial charge in [0.15, 0.2) is 11.5 Å². The van der Waals surface area contributed by atoms with Crippen LogP contribution in [0, 0.1) is 0 Å². The number of fused-ring (bicyclic) bond motifs is 7. The summed E-state index contributed by atoms with van der Waals surface area (Å²) < 4.78 is 6.56. The number of rotatable bonds is 3. The molecule has 0 radical (unpaired) electrons. The van der Waals surface area contributed by atoms with Crippen molar-refractivity contribution in [1.29, 1.82) is 0 Å². The van der Waals surface area contributed by atoms with Crippen LogP contribution in [-0.4, -0.2) is 0 Å². The highest BCUT2D eigenvalue weighted by atomic mass is 32.2. The first-order valence-corrected chi connectivity index (χ1v) is 18.4. The molecule has 0 unspecified atom stereocenters. The molecule has 0 spiro atoms. The van der Waals surface area contributed by atoms with Crippen molar-refractivity contribution in [3.63, 3.8) is 0 Å². The van der Waals surface area contributed by atoms with Crippen molar-refractivity contribution in [3.05, 3.63) is 182 Å². The van der Waals surface area contributed by atoms with Crippen molar-refractivity contribution in [1.82, 2.24) is 0 Å². The van der Waals surface area contributed by atoms with Gasteiger partial charge >= 0.3 is 0 Å². The molecule has 2 heterocycles. The quantitative estimate of drug-likeness (QED) is 0.184. The highest BCUT2D eigenvalue weighted by Crippen LogP contribution is 2.56. The number of para-hydroxylation sites is 2. The molecule has 4 heteroatoms. The van der Waals surface area contributed by atoms with Crippen LogP contribution in [-0.2, 0) is 0 Å². The van der Waals surface area contributed by atoms with Crippen molar-refractivity contribution in [2.75, 3.05) is 9.80 Å². The van der Waals surface area contributed by atoms with Crippen LogP contribution in [0.5, 0.6) is 11.5 Å². The highest BCUT2D eigenvalue weighted by Gasteiger charge is 2.29. The van der Waals surface area contributed by atoms with E-state index in [9.17, 15) is 0 Å². The molecular weight excluding hydrogens is 653 g/mol. The van der Waals surface area contributed by atoms with Crippen LogP contribution in [0.25, 0.3) is 43.4 Å². The predicted molar refractivity (Wildman–Crippen MR) is 218 cm³/mol. The Hall–Kier alpha value is -6.49. The van der Waals surface area contributed by atoms with E-state index in [-0.39, 0.29) is 0 Å². The molecule has 244 valence electrons. The van der Waals surface area contributed by atoms with E-state index in [1.54, 1.807) is 0 Å². The van der Waals surface area contributed by atoms with Gasteiger partial charge in [-0.1, -0.05) is 133 Å². The summed E-state index contributed by atoms with van der Waals surface area (Å²) in [5.41, 5.74) is 8.98. The first-order chi connectivity index (χ1) is 25.8. The largest absolute Gasteiger partial charge is 0.453 e. The van der Waals surface area contributed by atoms with E-state index < -0.39 is 0 Å². The number of anilines is 6.